The van der Waals surface area contributed by atoms with Crippen LogP contribution in [0.2, 0.25) is 0 Å². The number of likely N-dealkylation sites (N-methyl/N-ethyl adjacent to an activating group) is 1. The van der Waals surface area contributed by atoms with Gasteiger partial charge in [0.1, 0.15) is 19.2 Å². The molecule has 0 saturated heterocycles. The van der Waals surface area contributed by atoms with Gasteiger partial charge in [0.15, 0.2) is 11.9 Å². The maximum absolute atomic E-state index is 12.7. The number of carbonyl (C=O) groups excluding carboxylic acids is 3. The number of quaternary nitrogens is 2. The van der Waals surface area contributed by atoms with Crippen LogP contribution in [0.5, 0.6) is 0 Å². The van der Waals surface area contributed by atoms with Crippen LogP contribution in [0.1, 0.15) is 51.1 Å². The molecule has 1 aromatic carbocycles. The minimum Gasteiger partial charge on any atom is -0.539 e. The summed E-state index contributed by atoms with van der Waals surface area (Å²) >= 11 is 0. The summed E-state index contributed by atoms with van der Waals surface area (Å²) < 4.78 is 5.76. The van der Waals surface area contributed by atoms with Crippen LogP contribution in [0.15, 0.2) is 30.3 Å². The van der Waals surface area contributed by atoms with Gasteiger partial charge in [-0.25, -0.2) is 14.4 Å². The molecular formula is C23H34N2O10. The summed E-state index contributed by atoms with van der Waals surface area (Å²) in [5.41, 5.74) is 1.05. The number of carboxylic acid groups (broad SMARTS) is 4. The molecule has 12 heteroatoms. The molecule has 196 valence electrons. The van der Waals surface area contributed by atoms with Crippen LogP contribution in [-0.2, 0) is 28.7 Å². The van der Waals surface area contributed by atoms with E-state index in [4.69, 9.17) is 44.3 Å². The fraction of sp³-hybridized carbons (Fsp3) is 0.522. The summed E-state index contributed by atoms with van der Waals surface area (Å²) in [6, 6.07) is 9.81. The third-order valence-corrected chi connectivity index (χ3v) is 5.25. The number of nitrogens with two attached hydrogens (primary N) is 1. The number of hydrogen-bond acceptors (Lipinski definition) is 8. The molecule has 1 aromatic rings. The topological polar surface area (TPSA) is 202 Å². The van der Waals surface area contributed by atoms with Gasteiger partial charge in [0.2, 0.25) is 6.04 Å². The molecule has 1 unspecified atom stereocenters. The zero-order valence-electron chi connectivity index (χ0n) is 19.9. The van der Waals surface area contributed by atoms with Gasteiger partial charge in [-0.1, -0.05) is 30.3 Å². The molecular weight excluding hydrogens is 464 g/mol. The average molecular weight is 499 g/mol. The second kappa shape index (κ2) is 17.9. The van der Waals surface area contributed by atoms with Crippen LogP contribution >= 0.6 is 0 Å². The fourth-order valence-electron chi connectivity index (χ4n) is 3.33. The van der Waals surface area contributed by atoms with E-state index < -0.39 is 23.9 Å². The van der Waals surface area contributed by atoms with E-state index in [-0.39, 0.29) is 18.1 Å². The van der Waals surface area contributed by atoms with E-state index in [1.165, 1.54) is 12.8 Å². The van der Waals surface area contributed by atoms with E-state index in [0.29, 0.717) is 0 Å². The fourth-order valence-corrected chi connectivity index (χ4v) is 3.33. The van der Waals surface area contributed by atoms with Crippen molar-refractivity contribution in [3.05, 3.63) is 35.9 Å². The zero-order chi connectivity index (χ0) is 26.8. The molecule has 35 heavy (non-hydrogen) atoms. The highest BCUT2D eigenvalue weighted by molar-refractivity contribution is 6.26. The monoisotopic (exact) mass is 498 g/mol. The Morgan fingerprint density at radius 1 is 0.971 bits per heavy atom. The minimum atomic E-state index is -2.07. The molecule has 1 aliphatic rings. The largest absolute Gasteiger partial charge is 0.539 e. The Morgan fingerprint density at radius 3 is 1.83 bits per heavy atom. The molecule has 5 N–H and O–H groups in total. The van der Waals surface area contributed by atoms with Gasteiger partial charge in [-0.3, -0.25) is 0 Å². The van der Waals surface area contributed by atoms with Crippen LogP contribution in [-0.4, -0.2) is 72.3 Å². The van der Waals surface area contributed by atoms with Crippen LogP contribution in [0, 0.1) is 0 Å². The second-order valence-electron chi connectivity index (χ2n) is 7.65. The molecule has 0 spiro atoms. The van der Waals surface area contributed by atoms with Gasteiger partial charge >= 0.3 is 17.9 Å². The predicted octanol–water partition coefficient (Wildman–Crippen LogP) is -3.66. The molecule has 1 atom stereocenters. The van der Waals surface area contributed by atoms with Crippen molar-refractivity contribution in [2.45, 2.75) is 51.7 Å². The van der Waals surface area contributed by atoms with Crippen LogP contribution in [0.3, 0.4) is 0 Å². The molecule has 1 aliphatic carbocycles. The van der Waals surface area contributed by atoms with Crippen molar-refractivity contribution in [3.63, 3.8) is 0 Å². The Labute approximate surface area is 203 Å². The van der Waals surface area contributed by atoms with E-state index in [9.17, 15) is 4.79 Å². The molecule has 0 bridgehead atoms. The molecule has 1 saturated carbocycles. The number of ether oxygens (including phenoxy) is 1. The molecule has 0 aromatic heterocycles. The van der Waals surface area contributed by atoms with Crippen molar-refractivity contribution in [1.29, 1.82) is 0 Å². The van der Waals surface area contributed by atoms with Gasteiger partial charge in [0, 0.05) is 5.56 Å². The smallest absolute Gasteiger partial charge is 0.370 e. The molecule has 0 amide bonds. The lowest BCUT2D eigenvalue weighted by atomic mass is 10.1. The van der Waals surface area contributed by atoms with Gasteiger partial charge in [-0.15, -0.1) is 0 Å². The zero-order valence-corrected chi connectivity index (χ0v) is 19.9. The Kier molecular flexibility index (Phi) is 16.1. The van der Waals surface area contributed by atoms with Crippen molar-refractivity contribution in [1.82, 2.24) is 0 Å². The Morgan fingerprint density at radius 2 is 1.43 bits per heavy atom. The van der Waals surface area contributed by atoms with Crippen LogP contribution in [0.4, 0.5) is 0 Å². The van der Waals surface area contributed by atoms with Gasteiger partial charge in [-0.05, 0) is 39.5 Å². The molecule has 2 rings (SSSR count). The highest BCUT2D eigenvalue weighted by atomic mass is 16.5. The molecule has 1 fully saturated rings. The summed E-state index contributed by atoms with van der Waals surface area (Å²) in [7, 11) is 0. The van der Waals surface area contributed by atoms with Crippen molar-refractivity contribution in [2.24, 2.45) is 0 Å². The van der Waals surface area contributed by atoms with E-state index in [1.54, 1.807) is 4.90 Å². The van der Waals surface area contributed by atoms with Gasteiger partial charge < -0.3 is 45.0 Å². The Bertz CT molecular complexity index is 758. The SMILES string of the molecule is CC[NH+](CC)CC[NH2+]C(C(=O)OC1CCCC1)c1ccccc1.O=C([O-])C(=O)O.O=C([O-])C(=O)O. The molecule has 12 nitrogen and oxygen atoms in total. The Balaban J connectivity index is 0.000000797. The Hall–Kier alpha value is -3.51. The number of aliphatic carboxylic acids is 4. The molecule has 0 heterocycles. The quantitative estimate of drug-likeness (QED) is 0.194. The minimum absolute atomic E-state index is 0.0716. The number of esters is 1. The van der Waals surface area contributed by atoms with E-state index >= 15 is 0 Å². The average Bonchev–Trinajstić information content (AvgIpc) is 3.33. The van der Waals surface area contributed by atoms with Gasteiger partial charge in [0.25, 0.3) is 0 Å². The third kappa shape index (κ3) is 14.4. The van der Waals surface area contributed by atoms with Gasteiger partial charge in [0.05, 0.1) is 13.1 Å². The first-order valence-electron chi connectivity index (χ1n) is 11.3. The first-order valence-corrected chi connectivity index (χ1v) is 11.3. The van der Waals surface area contributed by atoms with Crippen molar-refractivity contribution >= 4 is 29.8 Å². The maximum Gasteiger partial charge on any atom is 0.370 e. The van der Waals surface area contributed by atoms with Crippen molar-refractivity contribution in [2.75, 3.05) is 26.2 Å². The number of rotatable bonds is 9. The third-order valence-electron chi connectivity index (χ3n) is 5.25. The highest BCUT2D eigenvalue weighted by Gasteiger charge is 2.29. The first kappa shape index (κ1) is 31.5. The lowest BCUT2D eigenvalue weighted by Gasteiger charge is -2.20. The van der Waals surface area contributed by atoms with E-state index in [0.717, 1.165) is 44.6 Å². The normalized spacial score (nSPS) is 13.5. The van der Waals surface area contributed by atoms with E-state index in [1.807, 2.05) is 30.3 Å². The lowest BCUT2D eigenvalue weighted by molar-refractivity contribution is -0.910. The number of benzene rings is 1. The summed E-state index contributed by atoms with van der Waals surface area (Å²) in [6.07, 6.45) is 4.55. The number of carboxylic acids is 4. The number of hydrogen-bond donors (Lipinski definition) is 4. The predicted molar refractivity (Wildman–Crippen MR) is 117 cm³/mol. The van der Waals surface area contributed by atoms with Crippen molar-refractivity contribution < 1.29 is 59.4 Å². The number of nitrogens with one attached hydrogen (secondary N) is 1. The van der Waals surface area contributed by atoms with Crippen LogP contribution < -0.4 is 20.4 Å². The summed E-state index contributed by atoms with van der Waals surface area (Å²) in [4.78, 5) is 50.3. The summed E-state index contributed by atoms with van der Waals surface area (Å²) in [6.45, 7) is 8.70. The standard InChI is InChI=1S/C19H30N2O2.2C2H2O4/c1-3-21(4-2)15-14-20-18(16-10-6-5-7-11-16)19(22)23-17-12-8-9-13-17;2*3-1(4)2(5)6/h5-7,10-11,17-18,20H,3-4,8-9,12-15H2,1-2H3;2*(H,3,4)(H,5,6). The molecule has 0 aliphatic heterocycles. The highest BCUT2D eigenvalue weighted by Crippen LogP contribution is 2.22. The first-order chi connectivity index (χ1) is 16.5. The lowest BCUT2D eigenvalue weighted by Crippen LogP contribution is -3.14. The van der Waals surface area contributed by atoms with Gasteiger partial charge in [-0.2, -0.15) is 0 Å². The summed E-state index contributed by atoms with van der Waals surface area (Å²) in [5.74, 6) is -8.09. The summed E-state index contributed by atoms with van der Waals surface area (Å²) in [5, 5.41) is 34.8. The van der Waals surface area contributed by atoms with E-state index in [2.05, 4.69) is 19.2 Å². The number of carbonyl (C=O) groups is 5. The second-order valence-corrected chi connectivity index (χ2v) is 7.65. The van der Waals surface area contributed by atoms with Crippen LogP contribution in [0.25, 0.3) is 0 Å². The molecule has 0 radical (unpaired) electrons. The maximum atomic E-state index is 12.7. The van der Waals surface area contributed by atoms with Crippen molar-refractivity contribution in [3.8, 4) is 0 Å².